The quantitative estimate of drug-likeness (QED) is 0.791. The molecule has 0 saturated carbocycles. The minimum Gasteiger partial charge on any atom is -0.371 e. The molecule has 3 rings (SSSR count). The van der Waals surface area contributed by atoms with E-state index in [9.17, 15) is 18.0 Å². The van der Waals surface area contributed by atoms with E-state index in [1.54, 1.807) is 6.08 Å². The summed E-state index contributed by atoms with van der Waals surface area (Å²) in [7, 11) is 0. The molecule has 8 heteroatoms. The molecule has 0 N–H and O–H groups in total. The van der Waals surface area contributed by atoms with Crippen LogP contribution in [-0.4, -0.2) is 41.8 Å². The van der Waals surface area contributed by atoms with Gasteiger partial charge in [-0.2, -0.15) is 13.2 Å². The first kappa shape index (κ1) is 18.0. The Morgan fingerprint density at radius 2 is 1.80 bits per heavy atom. The van der Waals surface area contributed by atoms with Crippen molar-refractivity contribution in [2.45, 2.75) is 25.9 Å². The lowest BCUT2D eigenvalue weighted by molar-refractivity contribution is -0.137. The molecule has 0 radical (unpaired) electrons. The number of aromatic nitrogens is 1. The van der Waals surface area contributed by atoms with E-state index in [2.05, 4.69) is 16.8 Å². The largest absolute Gasteiger partial charge is 0.417 e. The van der Waals surface area contributed by atoms with Crippen molar-refractivity contribution in [3.05, 3.63) is 34.6 Å². The summed E-state index contributed by atoms with van der Waals surface area (Å²) in [6.45, 7) is 4.62. The maximum Gasteiger partial charge on any atom is 0.417 e. The van der Waals surface area contributed by atoms with Crippen molar-refractivity contribution in [2.24, 2.45) is 5.92 Å². The van der Waals surface area contributed by atoms with E-state index < -0.39 is 11.7 Å². The maximum absolute atomic E-state index is 12.7. The van der Waals surface area contributed by atoms with Gasteiger partial charge in [0.15, 0.2) is 5.78 Å². The summed E-state index contributed by atoms with van der Waals surface area (Å²) in [6, 6.07) is 0.917. The predicted octanol–water partition coefficient (Wildman–Crippen LogP) is 3.76. The van der Waals surface area contributed by atoms with Crippen LogP contribution < -0.4 is 4.90 Å². The van der Waals surface area contributed by atoms with E-state index in [1.807, 2.05) is 4.90 Å². The third kappa shape index (κ3) is 4.08. The van der Waals surface area contributed by atoms with Gasteiger partial charge in [-0.15, -0.1) is 0 Å². The van der Waals surface area contributed by atoms with E-state index in [4.69, 9.17) is 11.6 Å². The van der Waals surface area contributed by atoms with E-state index in [0.29, 0.717) is 44.3 Å². The van der Waals surface area contributed by atoms with Crippen molar-refractivity contribution in [3.8, 4) is 0 Å². The average molecular weight is 374 g/mol. The summed E-state index contributed by atoms with van der Waals surface area (Å²) in [5, 5.41) is 0.00366. The molecule has 1 aromatic heterocycles. The third-order valence-corrected chi connectivity index (χ3v) is 4.85. The normalized spacial score (nSPS) is 22.2. The number of carbonyl (C=O) groups is 1. The molecule has 1 aliphatic heterocycles. The van der Waals surface area contributed by atoms with Gasteiger partial charge < -0.3 is 9.80 Å². The summed E-state index contributed by atoms with van der Waals surface area (Å²) in [5.41, 5.74) is 0.203. The topological polar surface area (TPSA) is 36.4 Å². The number of pyridine rings is 1. The number of ketones is 1. The van der Waals surface area contributed by atoms with Gasteiger partial charge in [-0.1, -0.05) is 18.5 Å². The molecule has 136 valence electrons. The van der Waals surface area contributed by atoms with Crippen LogP contribution in [0, 0.1) is 5.92 Å². The van der Waals surface area contributed by atoms with Gasteiger partial charge in [0.1, 0.15) is 5.82 Å². The van der Waals surface area contributed by atoms with Crippen LogP contribution in [0.4, 0.5) is 19.0 Å². The summed E-state index contributed by atoms with van der Waals surface area (Å²) in [5.74, 6) is 0.872. The van der Waals surface area contributed by atoms with Crippen LogP contribution in [0.5, 0.6) is 0 Å². The molecule has 0 spiro atoms. The predicted molar refractivity (Wildman–Crippen MR) is 89.5 cm³/mol. The van der Waals surface area contributed by atoms with Gasteiger partial charge in [0.2, 0.25) is 0 Å². The smallest absolute Gasteiger partial charge is 0.371 e. The first-order valence-electron chi connectivity index (χ1n) is 8.20. The van der Waals surface area contributed by atoms with Crippen LogP contribution in [0.25, 0.3) is 0 Å². The fourth-order valence-corrected chi connectivity index (χ4v) is 3.61. The average Bonchev–Trinajstić information content (AvgIpc) is 2.53. The molecule has 0 aromatic carbocycles. The van der Waals surface area contributed by atoms with Crippen molar-refractivity contribution in [3.63, 3.8) is 0 Å². The minimum absolute atomic E-state index is 0.00366. The Morgan fingerprint density at radius 1 is 1.16 bits per heavy atom. The van der Waals surface area contributed by atoms with Crippen LogP contribution in [-0.2, 0) is 11.0 Å². The van der Waals surface area contributed by atoms with Crippen LogP contribution >= 0.6 is 11.6 Å². The number of anilines is 1. The molecule has 1 aliphatic carbocycles. The van der Waals surface area contributed by atoms with Gasteiger partial charge in [0.25, 0.3) is 0 Å². The van der Waals surface area contributed by atoms with Gasteiger partial charge >= 0.3 is 6.18 Å². The lowest BCUT2D eigenvalue weighted by Crippen LogP contribution is -2.47. The first-order chi connectivity index (χ1) is 11.7. The Labute approximate surface area is 149 Å². The van der Waals surface area contributed by atoms with E-state index in [1.165, 1.54) is 0 Å². The second kappa shape index (κ2) is 6.86. The van der Waals surface area contributed by atoms with Crippen LogP contribution in [0.2, 0.25) is 5.02 Å². The van der Waals surface area contributed by atoms with Crippen molar-refractivity contribution < 1.29 is 18.0 Å². The number of rotatable bonds is 2. The van der Waals surface area contributed by atoms with Gasteiger partial charge in [-0.05, 0) is 18.4 Å². The lowest BCUT2D eigenvalue weighted by atomic mass is 9.92. The number of nitrogens with zero attached hydrogens (tertiary/aromatic N) is 3. The highest BCUT2D eigenvalue weighted by molar-refractivity contribution is 6.33. The number of carbonyl (C=O) groups excluding carboxylic acids is 1. The molecule has 1 atom stereocenters. The number of alkyl halides is 3. The van der Waals surface area contributed by atoms with Crippen molar-refractivity contribution in [2.75, 3.05) is 31.1 Å². The number of piperazine rings is 1. The Kier molecular flexibility index (Phi) is 4.95. The molecular weight excluding hydrogens is 355 g/mol. The zero-order valence-electron chi connectivity index (χ0n) is 13.8. The molecular formula is C17H19ClF3N3O. The van der Waals surface area contributed by atoms with E-state index >= 15 is 0 Å². The zero-order valence-corrected chi connectivity index (χ0v) is 14.6. The monoisotopic (exact) mass is 373 g/mol. The number of hydrogen-bond donors (Lipinski definition) is 0. The second-order valence-corrected chi connectivity index (χ2v) is 7.02. The number of halogens is 4. The molecule has 0 amide bonds. The summed E-state index contributed by atoms with van der Waals surface area (Å²) in [6.07, 6.45) is -0.444. The van der Waals surface area contributed by atoms with Gasteiger partial charge in [-0.25, -0.2) is 4.98 Å². The molecule has 4 nitrogen and oxygen atoms in total. The fourth-order valence-electron chi connectivity index (χ4n) is 3.32. The van der Waals surface area contributed by atoms with Crippen LogP contribution in [0.3, 0.4) is 0 Å². The molecule has 1 saturated heterocycles. The SMILES string of the molecule is C[C@H]1CC(=O)C=C(N2CCN(c3ncc(C(F)(F)F)cc3Cl)CC2)C1. The molecule has 0 bridgehead atoms. The molecule has 25 heavy (non-hydrogen) atoms. The first-order valence-corrected chi connectivity index (χ1v) is 8.58. The van der Waals surface area contributed by atoms with E-state index in [0.717, 1.165) is 24.4 Å². The fraction of sp³-hybridized carbons (Fsp3) is 0.529. The summed E-state index contributed by atoms with van der Waals surface area (Å²) < 4.78 is 38.1. The van der Waals surface area contributed by atoms with Crippen LogP contribution in [0.1, 0.15) is 25.3 Å². The molecule has 1 fully saturated rings. The molecule has 1 aromatic rings. The standard InChI is InChI=1S/C17H19ClF3N3O/c1-11-6-13(9-14(25)7-11)23-2-4-24(5-3-23)16-15(18)8-12(10-22-16)17(19,20)21/h8-11H,2-7H2,1H3/t11-/m1/s1. The molecule has 0 unspecified atom stereocenters. The van der Waals surface area contributed by atoms with Crippen molar-refractivity contribution in [1.29, 1.82) is 0 Å². The lowest BCUT2D eigenvalue weighted by Gasteiger charge is -2.39. The van der Waals surface area contributed by atoms with Gasteiger partial charge in [-0.3, -0.25) is 4.79 Å². The van der Waals surface area contributed by atoms with E-state index in [-0.39, 0.29) is 10.8 Å². The Balaban J connectivity index is 1.68. The third-order valence-electron chi connectivity index (χ3n) is 4.57. The Bertz CT molecular complexity index is 697. The number of allylic oxidation sites excluding steroid dienone is 2. The summed E-state index contributed by atoms with van der Waals surface area (Å²) in [4.78, 5) is 19.7. The minimum atomic E-state index is -4.45. The van der Waals surface area contributed by atoms with Crippen molar-refractivity contribution in [1.82, 2.24) is 9.88 Å². The second-order valence-electron chi connectivity index (χ2n) is 6.62. The zero-order chi connectivity index (χ0) is 18.2. The van der Waals surface area contributed by atoms with Gasteiger partial charge in [0.05, 0.1) is 10.6 Å². The highest BCUT2D eigenvalue weighted by Gasteiger charge is 2.32. The van der Waals surface area contributed by atoms with Gasteiger partial charge in [0, 0.05) is 50.6 Å². The molecule has 2 aliphatic rings. The Hall–Kier alpha value is -1.76. The van der Waals surface area contributed by atoms with Crippen molar-refractivity contribution >= 4 is 23.2 Å². The highest BCUT2D eigenvalue weighted by Crippen LogP contribution is 2.34. The van der Waals surface area contributed by atoms with Crippen LogP contribution in [0.15, 0.2) is 24.0 Å². The molecule has 2 heterocycles. The maximum atomic E-state index is 12.7. The number of hydrogen-bond acceptors (Lipinski definition) is 4. The highest BCUT2D eigenvalue weighted by atomic mass is 35.5. The summed E-state index contributed by atoms with van der Waals surface area (Å²) >= 11 is 6.02. The Morgan fingerprint density at radius 3 is 2.36 bits per heavy atom.